The first-order valence-electron chi connectivity index (χ1n) is 7.63. The standard InChI is InChI=1S/C18H22N2O3/c1-13(2)12-23-18(19-11-15-8-6-10-22-15)20-17(21)16-9-5-4-7-14(16)3/h4-10,13H,11-12H2,1-3H3,(H,19,20,21). The average molecular weight is 314 g/mol. The minimum Gasteiger partial charge on any atom is -0.467 e. The van der Waals surface area contributed by atoms with Crippen LogP contribution in [0.2, 0.25) is 0 Å². The number of ether oxygens (including phenoxy) is 1. The van der Waals surface area contributed by atoms with Crippen LogP contribution in [0.5, 0.6) is 0 Å². The van der Waals surface area contributed by atoms with Gasteiger partial charge in [0.1, 0.15) is 12.3 Å². The Morgan fingerprint density at radius 2 is 2.04 bits per heavy atom. The maximum Gasteiger partial charge on any atom is 0.292 e. The normalized spacial score (nSPS) is 11.6. The molecule has 0 bridgehead atoms. The summed E-state index contributed by atoms with van der Waals surface area (Å²) in [4.78, 5) is 16.7. The van der Waals surface area contributed by atoms with Crippen LogP contribution >= 0.6 is 0 Å². The van der Waals surface area contributed by atoms with Crippen molar-refractivity contribution in [2.45, 2.75) is 27.3 Å². The van der Waals surface area contributed by atoms with Gasteiger partial charge in [-0.25, -0.2) is 4.99 Å². The van der Waals surface area contributed by atoms with Gasteiger partial charge in [0.25, 0.3) is 11.9 Å². The maximum absolute atomic E-state index is 12.4. The largest absolute Gasteiger partial charge is 0.467 e. The van der Waals surface area contributed by atoms with E-state index in [2.05, 4.69) is 10.3 Å². The van der Waals surface area contributed by atoms with Crippen molar-refractivity contribution in [1.29, 1.82) is 0 Å². The lowest BCUT2D eigenvalue weighted by Gasteiger charge is -2.13. The molecule has 2 rings (SSSR count). The second kappa shape index (κ2) is 8.17. The van der Waals surface area contributed by atoms with Crippen molar-refractivity contribution in [2.75, 3.05) is 6.61 Å². The van der Waals surface area contributed by atoms with Crippen molar-refractivity contribution < 1.29 is 13.9 Å². The number of benzene rings is 1. The van der Waals surface area contributed by atoms with Crippen molar-refractivity contribution >= 4 is 11.9 Å². The minimum absolute atomic E-state index is 0.211. The van der Waals surface area contributed by atoms with Crippen molar-refractivity contribution in [2.24, 2.45) is 10.9 Å². The molecule has 0 saturated heterocycles. The van der Waals surface area contributed by atoms with Gasteiger partial charge in [-0.1, -0.05) is 32.0 Å². The molecule has 0 spiro atoms. The zero-order valence-corrected chi connectivity index (χ0v) is 13.7. The Kier molecular flexibility index (Phi) is 5.97. The van der Waals surface area contributed by atoms with Gasteiger partial charge in [0.2, 0.25) is 0 Å². The second-order valence-corrected chi connectivity index (χ2v) is 5.67. The quantitative estimate of drug-likeness (QED) is 0.678. The first-order valence-corrected chi connectivity index (χ1v) is 7.63. The molecule has 1 aromatic carbocycles. The summed E-state index contributed by atoms with van der Waals surface area (Å²) >= 11 is 0. The molecule has 23 heavy (non-hydrogen) atoms. The van der Waals surface area contributed by atoms with Gasteiger partial charge in [-0.2, -0.15) is 0 Å². The lowest BCUT2D eigenvalue weighted by Crippen LogP contribution is -2.34. The fraction of sp³-hybridized carbons (Fsp3) is 0.333. The number of amidine groups is 1. The molecule has 0 unspecified atom stereocenters. The fourth-order valence-electron chi connectivity index (χ4n) is 1.91. The number of amides is 1. The second-order valence-electron chi connectivity index (χ2n) is 5.67. The molecule has 5 heteroatoms. The van der Waals surface area contributed by atoms with E-state index in [9.17, 15) is 4.79 Å². The molecule has 122 valence electrons. The zero-order valence-electron chi connectivity index (χ0n) is 13.7. The number of aliphatic imine (C=N–C) groups is 1. The van der Waals surface area contributed by atoms with Gasteiger partial charge < -0.3 is 9.15 Å². The fourth-order valence-corrected chi connectivity index (χ4v) is 1.91. The van der Waals surface area contributed by atoms with E-state index in [4.69, 9.17) is 9.15 Å². The molecule has 5 nitrogen and oxygen atoms in total. The van der Waals surface area contributed by atoms with Crippen LogP contribution in [0.25, 0.3) is 0 Å². The number of carbonyl (C=O) groups excluding carboxylic acids is 1. The number of rotatable bonds is 5. The topological polar surface area (TPSA) is 63.8 Å². The molecule has 0 atom stereocenters. The summed E-state index contributed by atoms with van der Waals surface area (Å²) in [5, 5.41) is 2.74. The summed E-state index contributed by atoms with van der Waals surface area (Å²) in [6.45, 7) is 6.75. The summed E-state index contributed by atoms with van der Waals surface area (Å²) in [5.41, 5.74) is 1.51. The molecule has 0 aliphatic rings. The van der Waals surface area contributed by atoms with Crippen LogP contribution in [0.3, 0.4) is 0 Å². The Hall–Kier alpha value is -2.56. The summed E-state index contributed by atoms with van der Waals surface area (Å²) < 4.78 is 10.9. The molecule has 2 aromatic rings. The van der Waals surface area contributed by atoms with Crippen molar-refractivity contribution in [3.05, 3.63) is 59.5 Å². The molecule has 0 fully saturated rings. The summed E-state index contributed by atoms with van der Waals surface area (Å²) in [6.07, 6.45) is 1.59. The molecule has 1 heterocycles. The van der Waals surface area contributed by atoms with Crippen LogP contribution in [0, 0.1) is 12.8 Å². The van der Waals surface area contributed by atoms with Gasteiger partial charge in [0.15, 0.2) is 0 Å². The van der Waals surface area contributed by atoms with Crippen LogP contribution in [0.1, 0.15) is 35.5 Å². The van der Waals surface area contributed by atoms with E-state index in [0.717, 1.165) is 5.56 Å². The molecular formula is C18H22N2O3. The van der Waals surface area contributed by atoms with Gasteiger partial charge in [0, 0.05) is 5.56 Å². The Bertz CT molecular complexity index is 661. The smallest absolute Gasteiger partial charge is 0.292 e. The summed E-state index contributed by atoms with van der Waals surface area (Å²) in [5.74, 6) is 0.810. The lowest BCUT2D eigenvalue weighted by molar-refractivity contribution is 0.0962. The van der Waals surface area contributed by atoms with E-state index in [0.29, 0.717) is 30.4 Å². The Morgan fingerprint density at radius 3 is 2.70 bits per heavy atom. The molecule has 0 radical (unpaired) electrons. The van der Waals surface area contributed by atoms with Gasteiger partial charge in [-0.05, 0) is 36.6 Å². The molecule has 0 saturated carbocycles. The molecule has 1 N–H and O–H groups in total. The minimum atomic E-state index is -0.231. The van der Waals surface area contributed by atoms with Crippen LogP contribution in [0.4, 0.5) is 0 Å². The number of furan rings is 1. The SMILES string of the molecule is Cc1ccccc1C(=O)NC(=NCc1ccco1)OCC(C)C. The maximum atomic E-state index is 12.4. The monoisotopic (exact) mass is 314 g/mol. The highest BCUT2D eigenvalue weighted by Crippen LogP contribution is 2.07. The number of carbonyl (C=O) groups is 1. The van der Waals surface area contributed by atoms with E-state index < -0.39 is 0 Å². The molecule has 1 aromatic heterocycles. The van der Waals surface area contributed by atoms with Crippen LogP contribution in [-0.4, -0.2) is 18.5 Å². The number of aryl methyl sites for hydroxylation is 1. The third-order valence-electron chi connectivity index (χ3n) is 3.12. The molecule has 0 aliphatic carbocycles. The van der Waals surface area contributed by atoms with Crippen LogP contribution in [-0.2, 0) is 11.3 Å². The predicted molar refractivity (Wildman–Crippen MR) is 89.3 cm³/mol. The Balaban J connectivity index is 2.08. The lowest BCUT2D eigenvalue weighted by atomic mass is 10.1. The zero-order chi connectivity index (χ0) is 16.7. The summed E-state index contributed by atoms with van der Waals surface area (Å²) in [6, 6.07) is 11.2. The van der Waals surface area contributed by atoms with Crippen LogP contribution in [0.15, 0.2) is 52.1 Å². The van der Waals surface area contributed by atoms with E-state index in [-0.39, 0.29) is 11.9 Å². The molecule has 0 aliphatic heterocycles. The van der Waals surface area contributed by atoms with Gasteiger partial charge in [0.05, 0.1) is 12.9 Å². The van der Waals surface area contributed by atoms with E-state index in [1.165, 1.54) is 0 Å². The summed E-state index contributed by atoms with van der Waals surface area (Å²) in [7, 11) is 0. The average Bonchev–Trinajstić information content (AvgIpc) is 3.03. The van der Waals surface area contributed by atoms with E-state index >= 15 is 0 Å². The Morgan fingerprint density at radius 1 is 1.26 bits per heavy atom. The van der Waals surface area contributed by atoms with Gasteiger partial charge in [-0.3, -0.25) is 10.1 Å². The van der Waals surface area contributed by atoms with Crippen molar-refractivity contribution in [1.82, 2.24) is 5.32 Å². The van der Waals surface area contributed by atoms with Crippen LogP contribution < -0.4 is 5.32 Å². The highest BCUT2D eigenvalue weighted by atomic mass is 16.5. The van der Waals surface area contributed by atoms with Gasteiger partial charge >= 0.3 is 0 Å². The number of hydrogen-bond donors (Lipinski definition) is 1. The molecule has 1 amide bonds. The van der Waals surface area contributed by atoms with Crippen molar-refractivity contribution in [3.63, 3.8) is 0 Å². The highest BCUT2D eigenvalue weighted by molar-refractivity contribution is 6.04. The first-order chi connectivity index (χ1) is 11.1. The van der Waals surface area contributed by atoms with Crippen molar-refractivity contribution in [3.8, 4) is 0 Å². The Labute approximate surface area is 136 Å². The number of hydrogen-bond acceptors (Lipinski definition) is 4. The number of nitrogens with zero attached hydrogens (tertiary/aromatic N) is 1. The third-order valence-corrected chi connectivity index (χ3v) is 3.12. The number of nitrogens with one attached hydrogen (secondary N) is 1. The highest BCUT2D eigenvalue weighted by Gasteiger charge is 2.12. The van der Waals surface area contributed by atoms with Gasteiger partial charge in [-0.15, -0.1) is 0 Å². The van der Waals surface area contributed by atoms with E-state index in [1.807, 2.05) is 45.0 Å². The molecular weight excluding hydrogens is 292 g/mol. The first kappa shape index (κ1) is 16.8. The predicted octanol–water partition coefficient (Wildman–Crippen LogP) is 3.55. The van der Waals surface area contributed by atoms with E-state index in [1.54, 1.807) is 18.4 Å². The third kappa shape index (κ3) is 5.29.